The normalized spacial score (nSPS) is 14.2. The van der Waals surface area contributed by atoms with Gasteiger partial charge in [0.2, 0.25) is 0 Å². The summed E-state index contributed by atoms with van der Waals surface area (Å²) in [5.74, 6) is 0.506. The quantitative estimate of drug-likeness (QED) is 0.879. The molecule has 20 heavy (non-hydrogen) atoms. The molecular weight excluding hydrogens is 255 g/mol. The van der Waals surface area contributed by atoms with Crippen molar-refractivity contribution in [1.29, 1.82) is 0 Å². The molecule has 0 aliphatic heterocycles. The Morgan fingerprint density at radius 2 is 2.15 bits per heavy atom. The molecule has 0 fully saturated rings. The van der Waals surface area contributed by atoms with Gasteiger partial charge in [0.05, 0.1) is 5.60 Å². The van der Waals surface area contributed by atoms with Crippen LogP contribution in [-0.2, 0) is 18.6 Å². The third-order valence-corrected chi connectivity index (χ3v) is 3.66. The third-order valence-electron chi connectivity index (χ3n) is 3.66. The molecule has 0 saturated heterocycles. The van der Waals surface area contributed by atoms with Crippen molar-refractivity contribution in [3.05, 3.63) is 53.9 Å². The van der Waals surface area contributed by atoms with Crippen LogP contribution in [0, 0.1) is 5.82 Å². The second-order valence-electron chi connectivity index (χ2n) is 5.11. The fourth-order valence-electron chi connectivity index (χ4n) is 2.42. The number of rotatable bonds is 6. The molecular formula is C16H21FN2O. The maximum absolute atomic E-state index is 13.4. The molecule has 1 aromatic heterocycles. The number of aryl methyl sites for hydroxylation is 1. The highest BCUT2D eigenvalue weighted by Crippen LogP contribution is 2.29. The first-order valence-electron chi connectivity index (χ1n) is 7.07. The molecule has 2 rings (SSSR count). The molecule has 1 atom stereocenters. The second kappa shape index (κ2) is 6.18. The van der Waals surface area contributed by atoms with Gasteiger partial charge in [-0.25, -0.2) is 9.37 Å². The van der Waals surface area contributed by atoms with E-state index in [0.29, 0.717) is 18.4 Å². The minimum Gasteiger partial charge on any atom is -0.385 e. The van der Waals surface area contributed by atoms with E-state index < -0.39 is 5.60 Å². The molecule has 0 radical (unpaired) electrons. The van der Waals surface area contributed by atoms with Gasteiger partial charge in [0.1, 0.15) is 11.6 Å². The van der Waals surface area contributed by atoms with E-state index in [1.165, 1.54) is 12.1 Å². The Kier molecular flexibility index (Phi) is 4.55. The van der Waals surface area contributed by atoms with Gasteiger partial charge in [-0.1, -0.05) is 26.0 Å². The first kappa shape index (κ1) is 14.7. The Morgan fingerprint density at radius 1 is 1.35 bits per heavy atom. The van der Waals surface area contributed by atoms with Crippen LogP contribution in [0.15, 0.2) is 36.7 Å². The molecule has 1 N–H and O–H groups in total. The zero-order chi connectivity index (χ0) is 14.6. The monoisotopic (exact) mass is 276 g/mol. The van der Waals surface area contributed by atoms with E-state index in [-0.39, 0.29) is 5.82 Å². The van der Waals surface area contributed by atoms with Crippen LogP contribution in [0.25, 0.3) is 0 Å². The van der Waals surface area contributed by atoms with E-state index in [9.17, 15) is 9.50 Å². The molecule has 1 aromatic carbocycles. The van der Waals surface area contributed by atoms with E-state index in [1.807, 2.05) is 17.7 Å². The zero-order valence-electron chi connectivity index (χ0n) is 12.0. The summed E-state index contributed by atoms with van der Waals surface area (Å²) < 4.78 is 15.4. The molecule has 3 nitrogen and oxygen atoms in total. The maximum atomic E-state index is 13.4. The first-order valence-corrected chi connectivity index (χ1v) is 7.07. The molecule has 0 bridgehead atoms. The average molecular weight is 276 g/mol. The molecule has 0 saturated carbocycles. The van der Waals surface area contributed by atoms with E-state index >= 15 is 0 Å². The molecule has 0 amide bonds. The summed E-state index contributed by atoms with van der Waals surface area (Å²) in [5.41, 5.74) is -0.482. The molecule has 2 aromatic rings. The summed E-state index contributed by atoms with van der Waals surface area (Å²) in [6, 6.07) is 6.18. The topological polar surface area (TPSA) is 38.0 Å². The lowest BCUT2D eigenvalue weighted by Crippen LogP contribution is -2.29. The molecule has 0 aliphatic carbocycles. The highest BCUT2D eigenvalue weighted by Gasteiger charge is 2.29. The number of hydrogen-bond acceptors (Lipinski definition) is 2. The average Bonchev–Trinajstić information content (AvgIpc) is 2.86. The van der Waals surface area contributed by atoms with Crippen molar-refractivity contribution in [1.82, 2.24) is 9.55 Å². The van der Waals surface area contributed by atoms with E-state index in [4.69, 9.17) is 0 Å². The predicted molar refractivity (Wildman–Crippen MR) is 76.8 cm³/mol. The largest absolute Gasteiger partial charge is 0.385 e. The van der Waals surface area contributed by atoms with Gasteiger partial charge in [-0.05, 0) is 30.5 Å². The molecule has 1 heterocycles. The van der Waals surface area contributed by atoms with Crippen LogP contribution in [0.4, 0.5) is 4.39 Å². The Bertz CT molecular complexity index is 567. The van der Waals surface area contributed by atoms with Gasteiger partial charge < -0.3 is 9.67 Å². The molecule has 108 valence electrons. The summed E-state index contributed by atoms with van der Waals surface area (Å²) in [6.07, 6.45) is 5.57. The molecule has 4 heteroatoms. The van der Waals surface area contributed by atoms with Crippen molar-refractivity contribution < 1.29 is 9.50 Å². The number of hydrogen-bond donors (Lipinski definition) is 1. The SMILES string of the molecule is CCCn1ccnc1CC(O)(CC)c1cccc(F)c1. The van der Waals surface area contributed by atoms with Crippen LogP contribution >= 0.6 is 0 Å². The Hall–Kier alpha value is -1.68. The zero-order valence-corrected chi connectivity index (χ0v) is 12.0. The number of aromatic nitrogens is 2. The van der Waals surface area contributed by atoms with E-state index in [0.717, 1.165) is 18.8 Å². The van der Waals surface area contributed by atoms with Crippen LogP contribution in [0.3, 0.4) is 0 Å². The van der Waals surface area contributed by atoms with E-state index in [1.54, 1.807) is 18.3 Å². The van der Waals surface area contributed by atoms with Crippen molar-refractivity contribution in [2.75, 3.05) is 0 Å². The summed E-state index contributed by atoms with van der Waals surface area (Å²) >= 11 is 0. The van der Waals surface area contributed by atoms with Crippen molar-refractivity contribution in [2.24, 2.45) is 0 Å². The van der Waals surface area contributed by atoms with Crippen LogP contribution in [-0.4, -0.2) is 14.7 Å². The predicted octanol–water partition coefficient (Wildman–Crippen LogP) is 3.27. The highest BCUT2D eigenvalue weighted by molar-refractivity contribution is 5.24. The van der Waals surface area contributed by atoms with Gasteiger partial charge in [0.15, 0.2) is 0 Å². The number of nitrogens with zero attached hydrogens (tertiary/aromatic N) is 2. The van der Waals surface area contributed by atoms with Gasteiger partial charge in [-0.3, -0.25) is 0 Å². The van der Waals surface area contributed by atoms with Crippen LogP contribution in [0.2, 0.25) is 0 Å². The summed E-state index contributed by atoms with van der Waals surface area (Å²) in [7, 11) is 0. The van der Waals surface area contributed by atoms with Gasteiger partial charge >= 0.3 is 0 Å². The number of halogens is 1. The minimum atomic E-state index is -1.08. The molecule has 0 spiro atoms. The Balaban J connectivity index is 2.29. The smallest absolute Gasteiger partial charge is 0.123 e. The van der Waals surface area contributed by atoms with Crippen LogP contribution in [0.5, 0.6) is 0 Å². The van der Waals surface area contributed by atoms with Gasteiger partial charge in [-0.15, -0.1) is 0 Å². The standard InChI is InChI=1S/C16H21FN2O/c1-3-9-19-10-8-18-15(19)12-16(20,4-2)13-6-5-7-14(17)11-13/h5-8,10-11,20H,3-4,9,12H2,1-2H3. The highest BCUT2D eigenvalue weighted by atomic mass is 19.1. The fourth-order valence-corrected chi connectivity index (χ4v) is 2.42. The lowest BCUT2D eigenvalue weighted by atomic mass is 9.87. The number of benzene rings is 1. The summed E-state index contributed by atoms with van der Waals surface area (Å²) in [4.78, 5) is 4.32. The van der Waals surface area contributed by atoms with Gasteiger partial charge in [0.25, 0.3) is 0 Å². The van der Waals surface area contributed by atoms with Crippen LogP contribution in [0.1, 0.15) is 38.1 Å². The fraction of sp³-hybridized carbons (Fsp3) is 0.438. The minimum absolute atomic E-state index is 0.328. The Morgan fingerprint density at radius 3 is 2.80 bits per heavy atom. The summed E-state index contributed by atoms with van der Waals surface area (Å²) in [5, 5.41) is 10.9. The van der Waals surface area contributed by atoms with E-state index in [2.05, 4.69) is 11.9 Å². The van der Waals surface area contributed by atoms with Gasteiger partial charge in [0, 0.05) is 25.4 Å². The van der Waals surface area contributed by atoms with Crippen molar-refractivity contribution >= 4 is 0 Å². The van der Waals surface area contributed by atoms with Gasteiger partial charge in [-0.2, -0.15) is 0 Å². The van der Waals surface area contributed by atoms with Crippen molar-refractivity contribution in [3.8, 4) is 0 Å². The maximum Gasteiger partial charge on any atom is 0.123 e. The number of imidazole rings is 1. The number of aliphatic hydroxyl groups is 1. The lowest BCUT2D eigenvalue weighted by molar-refractivity contribution is 0.0295. The molecule has 1 unspecified atom stereocenters. The summed E-state index contributed by atoms with van der Waals surface area (Å²) in [6.45, 7) is 4.87. The first-order chi connectivity index (χ1) is 9.59. The van der Waals surface area contributed by atoms with Crippen molar-refractivity contribution in [2.45, 2.75) is 45.3 Å². The molecule has 0 aliphatic rings. The third kappa shape index (κ3) is 3.07. The Labute approximate surface area is 119 Å². The van der Waals surface area contributed by atoms with Crippen LogP contribution < -0.4 is 0 Å². The van der Waals surface area contributed by atoms with Crippen molar-refractivity contribution in [3.63, 3.8) is 0 Å². The second-order valence-corrected chi connectivity index (χ2v) is 5.11. The lowest BCUT2D eigenvalue weighted by Gasteiger charge is -2.27.